The summed E-state index contributed by atoms with van der Waals surface area (Å²) in [4.78, 5) is 24.7. The molecule has 4 rings (SSSR count). The first-order valence-electron chi connectivity index (χ1n) is 12.5. The number of hydrogen-bond acceptors (Lipinski definition) is 8. The number of halogens is 3. The van der Waals surface area contributed by atoms with Crippen molar-refractivity contribution in [3.8, 4) is 27.2 Å². The molecule has 39 heavy (non-hydrogen) atoms. The molecule has 1 aliphatic heterocycles. The average Bonchev–Trinajstić information content (AvgIpc) is 3.35. The first-order chi connectivity index (χ1) is 18.5. The molecule has 7 nitrogen and oxygen atoms in total. The number of carbonyl (C=O) groups is 2. The minimum absolute atomic E-state index is 0.203. The van der Waals surface area contributed by atoms with Crippen LogP contribution in [0.15, 0.2) is 36.4 Å². The third kappa shape index (κ3) is 6.52. The van der Waals surface area contributed by atoms with E-state index in [0.717, 1.165) is 39.2 Å². The van der Waals surface area contributed by atoms with Gasteiger partial charge in [-0.2, -0.15) is 18.4 Å². The van der Waals surface area contributed by atoms with E-state index < -0.39 is 24.0 Å². The zero-order chi connectivity index (χ0) is 28.3. The van der Waals surface area contributed by atoms with Gasteiger partial charge in [0.15, 0.2) is 0 Å². The number of esters is 2. The van der Waals surface area contributed by atoms with Crippen molar-refractivity contribution in [2.24, 2.45) is 11.8 Å². The van der Waals surface area contributed by atoms with Crippen LogP contribution in [0.5, 0.6) is 0 Å². The Morgan fingerprint density at radius 1 is 1.15 bits per heavy atom. The molecule has 0 bridgehead atoms. The molecule has 0 N–H and O–H groups in total. The minimum Gasteiger partial charge on any atom is -0.386 e. The summed E-state index contributed by atoms with van der Waals surface area (Å²) in [6.45, 7) is 7.14. The number of carbonyl (C=O) groups excluding carboxylic acids is 2. The summed E-state index contributed by atoms with van der Waals surface area (Å²) in [5.41, 5.74) is 5.48. The summed E-state index contributed by atoms with van der Waals surface area (Å²) in [5, 5.41) is 19.9. The van der Waals surface area contributed by atoms with Crippen LogP contribution in [0.4, 0.5) is 13.2 Å². The number of aromatic nitrogens is 2. The molecule has 0 aliphatic carbocycles. The van der Waals surface area contributed by atoms with Crippen LogP contribution in [-0.2, 0) is 33.7 Å². The Morgan fingerprint density at radius 2 is 1.87 bits per heavy atom. The lowest BCUT2D eigenvalue weighted by Gasteiger charge is -2.37. The fraction of sp³-hybridized carbons (Fsp3) is 0.393. The van der Waals surface area contributed by atoms with Crippen LogP contribution in [0.1, 0.15) is 43.0 Å². The number of nitrogens with zero attached hydrogens (tertiary/aromatic N) is 4. The summed E-state index contributed by atoms with van der Waals surface area (Å²) in [6, 6.07) is 13.9. The number of likely N-dealkylation sites (tertiary alicyclic amines) is 1. The molecule has 0 amide bonds. The van der Waals surface area contributed by atoms with Gasteiger partial charge in [0.25, 0.3) is 0 Å². The number of nitriles is 1. The topological polar surface area (TPSA) is 96.2 Å². The second kappa shape index (κ2) is 11.6. The summed E-state index contributed by atoms with van der Waals surface area (Å²) < 4.78 is 41.0. The highest BCUT2D eigenvalue weighted by Gasteiger charge is 2.45. The molecule has 11 heteroatoms. The van der Waals surface area contributed by atoms with Crippen molar-refractivity contribution in [3.05, 3.63) is 58.7 Å². The SMILES string of the molecule is CCc1c(CN2CC(C(=O)OC(=O)C(F)(F)F)C2)cccc1-c1nnc(-c2ccc(CC(C)C)c(C#N)c2)s1. The van der Waals surface area contributed by atoms with Crippen LogP contribution in [0, 0.1) is 23.2 Å². The van der Waals surface area contributed by atoms with Gasteiger partial charge in [-0.15, -0.1) is 10.2 Å². The molecule has 1 aromatic heterocycles. The Kier molecular flexibility index (Phi) is 8.47. The smallest absolute Gasteiger partial charge is 0.386 e. The lowest BCUT2D eigenvalue weighted by atomic mass is 9.95. The van der Waals surface area contributed by atoms with Crippen molar-refractivity contribution in [2.45, 2.75) is 46.3 Å². The van der Waals surface area contributed by atoms with E-state index in [9.17, 15) is 28.0 Å². The van der Waals surface area contributed by atoms with Gasteiger partial charge in [-0.1, -0.05) is 62.4 Å². The molecule has 204 valence electrons. The van der Waals surface area contributed by atoms with Crippen LogP contribution in [-0.4, -0.2) is 46.3 Å². The van der Waals surface area contributed by atoms with Crippen LogP contribution in [0.2, 0.25) is 0 Å². The van der Waals surface area contributed by atoms with E-state index in [0.29, 0.717) is 29.5 Å². The normalized spacial score (nSPS) is 14.2. The number of alkyl halides is 3. The molecular weight excluding hydrogens is 529 g/mol. The van der Waals surface area contributed by atoms with E-state index in [1.807, 2.05) is 48.2 Å². The van der Waals surface area contributed by atoms with Crippen molar-refractivity contribution in [2.75, 3.05) is 13.1 Å². The standard InChI is InChI=1S/C28H27F3N4O3S/c1-4-22-19(13-35-14-21(15-35)26(36)38-27(37)28(29,30)31)6-5-7-23(22)25-34-33-24(39-25)18-9-8-17(10-16(2)3)20(11-18)12-32/h5-9,11,16,21H,4,10,13-15H2,1-3H3. The third-order valence-corrected chi connectivity index (χ3v) is 7.50. The van der Waals surface area contributed by atoms with E-state index in [1.165, 1.54) is 11.3 Å². The molecule has 0 saturated carbocycles. The zero-order valence-electron chi connectivity index (χ0n) is 21.7. The molecule has 0 radical (unpaired) electrons. The molecule has 1 aliphatic rings. The molecule has 0 spiro atoms. The predicted octanol–water partition coefficient (Wildman–Crippen LogP) is 5.57. The Hall–Kier alpha value is -3.62. The molecule has 2 heterocycles. The molecule has 3 aromatic rings. The van der Waals surface area contributed by atoms with Gasteiger partial charge in [0, 0.05) is 30.8 Å². The Labute approximate surface area is 228 Å². The lowest BCUT2D eigenvalue weighted by Crippen LogP contribution is -2.51. The van der Waals surface area contributed by atoms with E-state index in [4.69, 9.17) is 0 Å². The maximum atomic E-state index is 12.4. The monoisotopic (exact) mass is 556 g/mol. The van der Waals surface area contributed by atoms with Crippen LogP contribution < -0.4 is 0 Å². The Bertz CT molecular complexity index is 1420. The lowest BCUT2D eigenvalue weighted by molar-refractivity contribution is -0.204. The van der Waals surface area contributed by atoms with Gasteiger partial charge in [0.1, 0.15) is 10.0 Å². The number of benzene rings is 2. The second-order valence-corrected chi connectivity index (χ2v) is 10.9. The van der Waals surface area contributed by atoms with Gasteiger partial charge in [-0.05, 0) is 41.5 Å². The maximum absolute atomic E-state index is 12.4. The molecule has 1 saturated heterocycles. The van der Waals surface area contributed by atoms with Crippen LogP contribution in [0.25, 0.3) is 21.1 Å². The van der Waals surface area contributed by atoms with Gasteiger partial charge in [-0.25, -0.2) is 4.79 Å². The van der Waals surface area contributed by atoms with Crippen molar-refractivity contribution >= 4 is 23.3 Å². The van der Waals surface area contributed by atoms with E-state index in [-0.39, 0.29) is 13.1 Å². The first-order valence-corrected chi connectivity index (χ1v) is 13.3. The summed E-state index contributed by atoms with van der Waals surface area (Å²) >= 11 is 1.44. The van der Waals surface area contributed by atoms with Crippen LogP contribution in [0.3, 0.4) is 0 Å². The second-order valence-electron chi connectivity index (χ2n) is 9.89. The van der Waals surface area contributed by atoms with Crippen LogP contribution >= 0.6 is 11.3 Å². The van der Waals surface area contributed by atoms with Gasteiger partial charge < -0.3 is 4.74 Å². The van der Waals surface area contributed by atoms with Gasteiger partial charge in [-0.3, -0.25) is 9.69 Å². The minimum atomic E-state index is -5.20. The average molecular weight is 557 g/mol. The van der Waals surface area contributed by atoms with E-state index in [1.54, 1.807) is 0 Å². The van der Waals surface area contributed by atoms with E-state index >= 15 is 0 Å². The van der Waals surface area contributed by atoms with E-state index in [2.05, 4.69) is 34.9 Å². The van der Waals surface area contributed by atoms with Crippen molar-refractivity contribution in [1.29, 1.82) is 5.26 Å². The Morgan fingerprint density at radius 3 is 2.51 bits per heavy atom. The van der Waals surface area contributed by atoms with Crippen molar-refractivity contribution < 1.29 is 27.5 Å². The molecule has 1 fully saturated rings. The van der Waals surface area contributed by atoms with Crippen molar-refractivity contribution in [1.82, 2.24) is 15.1 Å². The summed E-state index contributed by atoms with van der Waals surface area (Å²) in [5.74, 6) is -3.99. The first kappa shape index (κ1) is 28.4. The Balaban J connectivity index is 1.47. The van der Waals surface area contributed by atoms with Gasteiger partial charge >= 0.3 is 18.1 Å². The predicted molar refractivity (Wildman–Crippen MR) is 139 cm³/mol. The highest BCUT2D eigenvalue weighted by Crippen LogP contribution is 2.35. The summed E-state index contributed by atoms with van der Waals surface area (Å²) in [6.07, 6.45) is -3.67. The highest BCUT2D eigenvalue weighted by atomic mass is 32.1. The zero-order valence-corrected chi connectivity index (χ0v) is 22.5. The largest absolute Gasteiger partial charge is 0.491 e. The molecular formula is C28H27F3N4O3S. The number of ether oxygens (including phenoxy) is 1. The fourth-order valence-corrected chi connectivity index (χ4v) is 5.49. The van der Waals surface area contributed by atoms with Gasteiger partial charge in [0.05, 0.1) is 17.6 Å². The number of hydrogen-bond donors (Lipinski definition) is 0. The fourth-order valence-electron chi connectivity index (χ4n) is 4.60. The quantitative estimate of drug-likeness (QED) is 0.264. The number of rotatable bonds is 8. The third-order valence-electron chi connectivity index (χ3n) is 6.50. The molecule has 0 atom stereocenters. The maximum Gasteiger partial charge on any atom is 0.491 e. The molecule has 2 aromatic carbocycles. The van der Waals surface area contributed by atoms with Crippen molar-refractivity contribution in [3.63, 3.8) is 0 Å². The molecule has 0 unspecified atom stereocenters. The highest BCUT2D eigenvalue weighted by molar-refractivity contribution is 7.17. The summed E-state index contributed by atoms with van der Waals surface area (Å²) in [7, 11) is 0. The van der Waals surface area contributed by atoms with Gasteiger partial charge in [0.2, 0.25) is 0 Å².